The molecule has 0 saturated carbocycles. The summed E-state index contributed by atoms with van der Waals surface area (Å²) in [5.74, 6) is 0.980. The average Bonchev–Trinajstić information content (AvgIpc) is 2.29. The highest BCUT2D eigenvalue weighted by molar-refractivity contribution is 7.99. The molecule has 0 saturated heterocycles. The van der Waals surface area contributed by atoms with Crippen molar-refractivity contribution in [3.63, 3.8) is 0 Å². The quantitative estimate of drug-likeness (QED) is 0.794. The van der Waals surface area contributed by atoms with Crippen LogP contribution in [0.1, 0.15) is 12.0 Å². The molecule has 0 spiro atoms. The van der Waals surface area contributed by atoms with Crippen LogP contribution < -0.4 is 5.73 Å². The highest BCUT2D eigenvalue weighted by atomic mass is 32.2. The van der Waals surface area contributed by atoms with Crippen molar-refractivity contribution in [2.45, 2.75) is 17.9 Å². The Kier molecular flexibility index (Phi) is 5.35. The summed E-state index contributed by atoms with van der Waals surface area (Å²) in [5, 5.41) is 0. The summed E-state index contributed by atoms with van der Waals surface area (Å²) in [6, 6.07) is 8.13. The molecule has 2 N–H and O–H groups in total. The first-order chi connectivity index (χ1) is 7.63. The van der Waals surface area contributed by atoms with Crippen molar-refractivity contribution in [2.24, 2.45) is 5.73 Å². The van der Waals surface area contributed by atoms with Gasteiger partial charge in [-0.25, -0.2) is 0 Å². The lowest BCUT2D eigenvalue weighted by molar-refractivity contribution is -0.128. The molecule has 0 radical (unpaired) electrons. The van der Waals surface area contributed by atoms with E-state index in [-0.39, 0.29) is 5.91 Å². The number of carbonyl (C=O) groups is 1. The molecule has 0 atom stereocenters. The Labute approximate surface area is 101 Å². The molecule has 0 aliphatic carbocycles. The maximum Gasteiger partial charge on any atom is 0.222 e. The van der Waals surface area contributed by atoms with Crippen LogP contribution in [0.2, 0.25) is 0 Å². The highest BCUT2D eigenvalue weighted by Crippen LogP contribution is 2.19. The van der Waals surface area contributed by atoms with Gasteiger partial charge in [0, 0.05) is 37.7 Å². The number of benzene rings is 1. The smallest absolute Gasteiger partial charge is 0.222 e. The van der Waals surface area contributed by atoms with E-state index >= 15 is 0 Å². The molecule has 0 aromatic heterocycles. The molecule has 4 heteroatoms. The fourth-order valence-corrected chi connectivity index (χ4v) is 2.16. The largest absolute Gasteiger partial charge is 0.349 e. The molecular formula is C12H18N2OS. The molecule has 88 valence electrons. The van der Waals surface area contributed by atoms with Gasteiger partial charge in [-0.2, -0.15) is 0 Å². The van der Waals surface area contributed by atoms with Crippen LogP contribution in [0.4, 0.5) is 0 Å². The Morgan fingerprint density at radius 1 is 1.44 bits per heavy atom. The van der Waals surface area contributed by atoms with Crippen molar-refractivity contribution in [3.8, 4) is 0 Å². The summed E-state index contributed by atoms with van der Waals surface area (Å²) >= 11 is 1.69. The average molecular weight is 238 g/mol. The van der Waals surface area contributed by atoms with E-state index in [1.807, 2.05) is 18.2 Å². The van der Waals surface area contributed by atoms with Gasteiger partial charge in [-0.1, -0.05) is 12.1 Å². The van der Waals surface area contributed by atoms with Gasteiger partial charge in [0.1, 0.15) is 0 Å². The van der Waals surface area contributed by atoms with Gasteiger partial charge in [-0.05, 0) is 17.7 Å². The first kappa shape index (κ1) is 13.1. The van der Waals surface area contributed by atoms with E-state index in [9.17, 15) is 4.79 Å². The topological polar surface area (TPSA) is 46.3 Å². The highest BCUT2D eigenvalue weighted by Gasteiger charge is 2.03. The third-order valence-electron chi connectivity index (χ3n) is 2.22. The lowest BCUT2D eigenvalue weighted by Crippen LogP contribution is -2.21. The first-order valence-electron chi connectivity index (χ1n) is 5.25. The standard InChI is InChI=1S/C12H18N2OS/c1-14(2)12(15)6-7-16-11-5-3-4-10(8-11)9-13/h3-5,8H,6-7,9,13H2,1-2H3. The Morgan fingerprint density at radius 2 is 2.19 bits per heavy atom. The molecular weight excluding hydrogens is 220 g/mol. The minimum Gasteiger partial charge on any atom is -0.349 e. The van der Waals surface area contributed by atoms with Gasteiger partial charge in [-0.3, -0.25) is 4.79 Å². The number of rotatable bonds is 5. The molecule has 1 rings (SSSR count). The molecule has 1 aromatic rings. The molecule has 3 nitrogen and oxygen atoms in total. The maximum absolute atomic E-state index is 11.3. The van der Waals surface area contributed by atoms with Crippen molar-refractivity contribution in [3.05, 3.63) is 29.8 Å². The van der Waals surface area contributed by atoms with Crippen LogP contribution in [0.15, 0.2) is 29.2 Å². The first-order valence-corrected chi connectivity index (χ1v) is 6.24. The van der Waals surface area contributed by atoms with Crippen LogP contribution in [0.5, 0.6) is 0 Å². The van der Waals surface area contributed by atoms with E-state index in [4.69, 9.17) is 5.73 Å². The lowest BCUT2D eigenvalue weighted by Gasteiger charge is -2.09. The van der Waals surface area contributed by atoms with Crippen LogP contribution in [0.3, 0.4) is 0 Å². The molecule has 16 heavy (non-hydrogen) atoms. The number of nitrogens with two attached hydrogens (primary N) is 1. The Balaban J connectivity index is 2.40. The minimum absolute atomic E-state index is 0.169. The van der Waals surface area contributed by atoms with Crippen molar-refractivity contribution >= 4 is 17.7 Å². The predicted octanol–water partition coefficient (Wildman–Crippen LogP) is 1.72. The minimum atomic E-state index is 0.169. The van der Waals surface area contributed by atoms with Gasteiger partial charge in [0.25, 0.3) is 0 Å². The van der Waals surface area contributed by atoms with Gasteiger partial charge in [0.15, 0.2) is 0 Å². The summed E-state index contributed by atoms with van der Waals surface area (Å²) in [5.41, 5.74) is 6.69. The zero-order chi connectivity index (χ0) is 12.0. The summed E-state index contributed by atoms with van der Waals surface area (Å²) in [4.78, 5) is 14.1. The second kappa shape index (κ2) is 6.55. The lowest BCUT2D eigenvalue weighted by atomic mass is 10.2. The van der Waals surface area contributed by atoms with Crippen LogP contribution in [-0.4, -0.2) is 30.7 Å². The fourth-order valence-electron chi connectivity index (χ4n) is 1.24. The molecule has 1 amide bonds. The maximum atomic E-state index is 11.3. The number of amides is 1. The van der Waals surface area contributed by atoms with Crippen molar-refractivity contribution < 1.29 is 4.79 Å². The monoisotopic (exact) mass is 238 g/mol. The van der Waals surface area contributed by atoms with E-state index in [2.05, 4.69) is 6.07 Å². The number of nitrogens with zero attached hydrogens (tertiary/aromatic N) is 1. The van der Waals surface area contributed by atoms with Crippen molar-refractivity contribution in [2.75, 3.05) is 19.8 Å². The normalized spacial score (nSPS) is 10.2. The van der Waals surface area contributed by atoms with Gasteiger partial charge in [-0.15, -0.1) is 11.8 Å². The number of carbonyl (C=O) groups excluding carboxylic acids is 1. The van der Waals surface area contributed by atoms with E-state index < -0.39 is 0 Å². The fraction of sp³-hybridized carbons (Fsp3) is 0.417. The Morgan fingerprint density at radius 3 is 2.81 bits per heavy atom. The summed E-state index contributed by atoms with van der Waals surface area (Å²) in [6.07, 6.45) is 0.574. The second-order valence-corrected chi connectivity index (χ2v) is 4.91. The number of hydrogen-bond acceptors (Lipinski definition) is 3. The third-order valence-corrected chi connectivity index (χ3v) is 3.21. The second-order valence-electron chi connectivity index (χ2n) is 3.74. The van der Waals surface area contributed by atoms with Gasteiger partial charge in [0.2, 0.25) is 5.91 Å². The molecule has 0 aliphatic heterocycles. The van der Waals surface area contributed by atoms with E-state index in [1.165, 1.54) is 4.90 Å². The van der Waals surface area contributed by atoms with E-state index in [0.717, 1.165) is 11.3 Å². The van der Waals surface area contributed by atoms with Crippen LogP contribution in [-0.2, 0) is 11.3 Å². The third kappa shape index (κ3) is 4.24. The Hall–Kier alpha value is -1.00. The SMILES string of the molecule is CN(C)C(=O)CCSc1cccc(CN)c1. The number of thioether (sulfide) groups is 1. The van der Waals surface area contributed by atoms with Crippen LogP contribution in [0, 0.1) is 0 Å². The molecule has 1 aromatic carbocycles. The van der Waals surface area contributed by atoms with E-state index in [0.29, 0.717) is 13.0 Å². The predicted molar refractivity (Wildman–Crippen MR) is 68.4 cm³/mol. The van der Waals surface area contributed by atoms with Crippen LogP contribution in [0.25, 0.3) is 0 Å². The summed E-state index contributed by atoms with van der Waals surface area (Å²) in [6.45, 7) is 0.561. The van der Waals surface area contributed by atoms with Crippen molar-refractivity contribution in [1.82, 2.24) is 4.90 Å². The summed E-state index contributed by atoms with van der Waals surface area (Å²) < 4.78 is 0. The molecule has 0 bridgehead atoms. The molecule has 0 heterocycles. The van der Waals surface area contributed by atoms with Gasteiger partial charge in [0.05, 0.1) is 0 Å². The van der Waals surface area contributed by atoms with E-state index in [1.54, 1.807) is 30.8 Å². The van der Waals surface area contributed by atoms with Crippen molar-refractivity contribution in [1.29, 1.82) is 0 Å². The molecule has 0 fully saturated rings. The van der Waals surface area contributed by atoms with Gasteiger partial charge >= 0.3 is 0 Å². The zero-order valence-corrected chi connectivity index (χ0v) is 10.6. The zero-order valence-electron chi connectivity index (χ0n) is 9.77. The van der Waals surface area contributed by atoms with Gasteiger partial charge < -0.3 is 10.6 Å². The number of hydrogen-bond donors (Lipinski definition) is 1. The van der Waals surface area contributed by atoms with Crippen LogP contribution >= 0.6 is 11.8 Å². The molecule has 0 aliphatic rings. The summed E-state index contributed by atoms with van der Waals surface area (Å²) in [7, 11) is 3.56. The molecule has 0 unspecified atom stereocenters. The Bertz CT molecular complexity index is 353.